The molecule has 0 spiro atoms. The normalized spacial score (nSPS) is 45.7. The predicted molar refractivity (Wildman–Crippen MR) is 128 cm³/mol. The second kappa shape index (κ2) is 15.3. The van der Waals surface area contributed by atoms with Crippen LogP contribution in [0.15, 0.2) is 0 Å². The van der Waals surface area contributed by atoms with Crippen molar-refractivity contribution < 1.29 is 94.5 Å². The van der Waals surface area contributed by atoms with Crippen LogP contribution in [0.5, 0.6) is 0 Å². The maximum absolute atomic E-state index is 11.8. The first-order valence-electron chi connectivity index (χ1n) is 13.1. The zero-order valence-corrected chi connectivity index (χ0v) is 22.3. The molecule has 0 radical (unpaired) electrons. The van der Waals surface area contributed by atoms with E-state index in [1.54, 1.807) is 0 Å². The summed E-state index contributed by atoms with van der Waals surface area (Å²) in [7, 11) is 0. The van der Waals surface area contributed by atoms with Crippen molar-refractivity contribution in [2.45, 2.75) is 117 Å². The van der Waals surface area contributed by atoms with Crippen LogP contribution in [0.4, 0.5) is 0 Å². The largest absolute Gasteiger partial charge is 0.394 e. The molecule has 0 aromatic carbocycles. The third-order valence-corrected chi connectivity index (χ3v) is 7.36. The van der Waals surface area contributed by atoms with Crippen molar-refractivity contribution in [3.63, 3.8) is 0 Å². The van der Waals surface area contributed by atoms with Gasteiger partial charge in [-0.25, -0.2) is 0 Å². The van der Waals surface area contributed by atoms with Crippen molar-refractivity contribution in [1.29, 1.82) is 0 Å². The van der Waals surface area contributed by atoms with Crippen LogP contribution in [0.25, 0.3) is 0 Å². The van der Waals surface area contributed by atoms with E-state index >= 15 is 0 Å². The number of rotatable bonds is 13. The Hall–Kier alpha value is -1.05. The molecule has 0 unspecified atom stereocenters. The molecular formula is C23H40O19. The van der Waals surface area contributed by atoms with Crippen molar-refractivity contribution in [2.24, 2.45) is 0 Å². The van der Waals surface area contributed by atoms with Crippen LogP contribution in [-0.2, 0) is 33.2 Å². The third-order valence-electron chi connectivity index (χ3n) is 7.36. The predicted octanol–water partition coefficient (Wildman–Crippen LogP) is -8.24. The van der Waals surface area contributed by atoms with E-state index in [1.165, 1.54) is 6.92 Å². The Kier molecular flexibility index (Phi) is 12.9. The van der Waals surface area contributed by atoms with Gasteiger partial charge >= 0.3 is 0 Å². The van der Waals surface area contributed by atoms with Crippen LogP contribution in [0, 0.1) is 0 Å². The van der Waals surface area contributed by atoms with Crippen LogP contribution in [0.3, 0.4) is 0 Å². The molecule has 0 amide bonds. The number of aliphatic hydroxyl groups is 12. The van der Waals surface area contributed by atoms with Gasteiger partial charge in [0.15, 0.2) is 25.2 Å². The molecular weight excluding hydrogens is 580 g/mol. The third kappa shape index (κ3) is 7.59. The molecule has 0 aliphatic carbocycles. The van der Waals surface area contributed by atoms with Crippen LogP contribution in [0.2, 0.25) is 0 Å². The summed E-state index contributed by atoms with van der Waals surface area (Å²) in [6.45, 7) is -1.00. The van der Waals surface area contributed by atoms with Crippen LogP contribution in [-0.4, -0.2) is 198 Å². The van der Waals surface area contributed by atoms with E-state index in [9.17, 15) is 66.1 Å². The first-order chi connectivity index (χ1) is 19.8. The first-order valence-corrected chi connectivity index (χ1v) is 13.1. The summed E-state index contributed by atoms with van der Waals surface area (Å²) >= 11 is 0. The Labute approximate surface area is 238 Å². The molecule has 18 atom stereocenters. The Bertz CT molecular complexity index is 838. The average molecular weight is 621 g/mol. The fourth-order valence-electron chi connectivity index (χ4n) is 4.66. The van der Waals surface area contributed by atoms with E-state index in [0.717, 1.165) is 0 Å². The van der Waals surface area contributed by atoms with Gasteiger partial charge in [-0.2, -0.15) is 0 Å². The van der Waals surface area contributed by atoms with Crippen LogP contribution >= 0.6 is 0 Å². The highest BCUT2D eigenvalue weighted by Crippen LogP contribution is 2.31. The van der Waals surface area contributed by atoms with E-state index in [2.05, 4.69) is 0 Å². The molecule has 0 bridgehead atoms. The summed E-state index contributed by atoms with van der Waals surface area (Å²) in [4.78, 5) is 11.8. The molecule has 246 valence electrons. The van der Waals surface area contributed by atoms with Crippen molar-refractivity contribution in [3.05, 3.63) is 0 Å². The summed E-state index contributed by atoms with van der Waals surface area (Å²) in [5, 5.41) is 121. The fourth-order valence-corrected chi connectivity index (χ4v) is 4.66. The summed E-state index contributed by atoms with van der Waals surface area (Å²) in [6.07, 6.45) is -30.9. The van der Waals surface area contributed by atoms with Gasteiger partial charge in [0, 0.05) is 0 Å². The Balaban J connectivity index is 1.67. The SMILES string of the molecule is C[C@@H]1O[C@@H](OC[C@@H](O)[C@@H](O)[C@H](O)[C@H](C=O)O[C@H]2O[C@H](CO)[C@@H](O)[C@H](O)[C@@H]2O[C@H]2O[C@H](CO)[C@@H](O)[C@@H]2O)[C@H](O)[C@H](O)[C@H]1O. The number of carbonyl (C=O) groups is 1. The van der Waals surface area contributed by atoms with Gasteiger partial charge in [0.1, 0.15) is 85.5 Å². The highest BCUT2D eigenvalue weighted by molar-refractivity contribution is 5.57. The van der Waals surface area contributed by atoms with E-state index in [4.69, 9.17) is 28.4 Å². The zero-order chi connectivity index (χ0) is 31.5. The van der Waals surface area contributed by atoms with Crippen molar-refractivity contribution in [2.75, 3.05) is 19.8 Å². The number of aldehydes is 1. The van der Waals surface area contributed by atoms with E-state index < -0.39 is 130 Å². The Morgan fingerprint density at radius 1 is 0.690 bits per heavy atom. The van der Waals surface area contributed by atoms with Crippen LogP contribution in [0.1, 0.15) is 6.92 Å². The lowest BCUT2D eigenvalue weighted by Gasteiger charge is -2.43. The molecule has 19 nitrogen and oxygen atoms in total. The molecule has 0 aromatic heterocycles. The maximum Gasteiger partial charge on any atom is 0.188 e. The molecule has 3 fully saturated rings. The smallest absolute Gasteiger partial charge is 0.188 e. The highest BCUT2D eigenvalue weighted by Gasteiger charge is 2.52. The average Bonchev–Trinajstić information content (AvgIpc) is 3.25. The topological polar surface area (TPSA) is 315 Å². The van der Waals surface area contributed by atoms with Gasteiger partial charge in [-0.1, -0.05) is 0 Å². The number of carbonyl (C=O) groups excluding carboxylic acids is 1. The lowest BCUT2D eigenvalue weighted by atomic mass is 9.98. The number of hydrogen-bond acceptors (Lipinski definition) is 19. The van der Waals surface area contributed by atoms with Gasteiger partial charge in [0.05, 0.1) is 25.9 Å². The Morgan fingerprint density at radius 2 is 1.24 bits per heavy atom. The van der Waals surface area contributed by atoms with Gasteiger partial charge in [-0.15, -0.1) is 0 Å². The molecule has 3 saturated heterocycles. The van der Waals surface area contributed by atoms with Gasteiger partial charge in [-0.3, -0.25) is 0 Å². The fraction of sp³-hybridized carbons (Fsp3) is 0.957. The van der Waals surface area contributed by atoms with Gasteiger partial charge in [0.25, 0.3) is 0 Å². The van der Waals surface area contributed by atoms with E-state index in [0.29, 0.717) is 0 Å². The number of hydrogen-bond donors (Lipinski definition) is 12. The van der Waals surface area contributed by atoms with Crippen molar-refractivity contribution in [1.82, 2.24) is 0 Å². The molecule has 12 N–H and O–H groups in total. The second-order valence-corrected chi connectivity index (χ2v) is 10.3. The lowest BCUT2D eigenvalue weighted by Crippen LogP contribution is -2.62. The van der Waals surface area contributed by atoms with Gasteiger partial charge < -0.3 is 94.5 Å². The Morgan fingerprint density at radius 3 is 1.81 bits per heavy atom. The molecule has 3 heterocycles. The minimum Gasteiger partial charge on any atom is -0.394 e. The van der Waals surface area contributed by atoms with E-state index in [-0.39, 0.29) is 6.29 Å². The zero-order valence-electron chi connectivity index (χ0n) is 22.3. The summed E-state index contributed by atoms with van der Waals surface area (Å²) in [6, 6.07) is 0. The molecule has 0 aromatic rings. The number of aliphatic hydroxyl groups excluding tert-OH is 12. The standard InChI is InChI=1S/C23H40O19/c1-6-11(28)16(33)19(36)21(38-6)37-5-7(27)12(29)13(30)8(2-24)40-23-20(17(34)14(31)9(3-25)41-23)42-22-18(35)15(32)10(4-26)39-22/h2,6-23,25-36H,3-5H2,1H3/t6-,7+,8-,9+,10+,11-,12+,13+,14+,15+,16+,17-,18-,19+,20-,21+,22+,23-/m0/s1. The van der Waals surface area contributed by atoms with Crippen LogP contribution < -0.4 is 0 Å². The quantitative estimate of drug-likeness (QED) is 0.0850. The van der Waals surface area contributed by atoms with E-state index in [1.807, 2.05) is 0 Å². The van der Waals surface area contributed by atoms with Gasteiger partial charge in [0.2, 0.25) is 0 Å². The summed E-state index contributed by atoms with van der Waals surface area (Å²) in [5.41, 5.74) is 0. The van der Waals surface area contributed by atoms with Gasteiger partial charge in [-0.05, 0) is 6.92 Å². The van der Waals surface area contributed by atoms with Crippen molar-refractivity contribution >= 4 is 6.29 Å². The molecule has 42 heavy (non-hydrogen) atoms. The number of ether oxygens (including phenoxy) is 6. The molecule has 3 aliphatic rings. The minimum absolute atomic E-state index is 0.00681. The molecule has 3 aliphatic heterocycles. The highest BCUT2D eigenvalue weighted by atomic mass is 16.8. The monoisotopic (exact) mass is 620 g/mol. The molecule has 3 rings (SSSR count). The maximum atomic E-state index is 11.8. The summed E-state index contributed by atoms with van der Waals surface area (Å²) < 4.78 is 31.7. The second-order valence-electron chi connectivity index (χ2n) is 10.3. The lowest BCUT2D eigenvalue weighted by molar-refractivity contribution is -0.346. The minimum atomic E-state index is -2.21. The van der Waals surface area contributed by atoms with Crippen molar-refractivity contribution in [3.8, 4) is 0 Å². The summed E-state index contributed by atoms with van der Waals surface area (Å²) in [5.74, 6) is 0. The first kappa shape index (κ1) is 35.4. The molecule has 0 saturated carbocycles. The molecule has 19 heteroatoms.